The van der Waals surface area contributed by atoms with Crippen LogP contribution in [0.15, 0.2) is 24.3 Å². The molecule has 1 saturated carbocycles. The molecule has 3 unspecified atom stereocenters. The molecule has 2 N–H and O–H groups in total. The Morgan fingerprint density at radius 1 is 1.27 bits per heavy atom. The molecule has 0 saturated heterocycles. The third-order valence-electron chi connectivity index (χ3n) is 3.62. The molecule has 0 spiro atoms. The highest BCUT2D eigenvalue weighted by Gasteiger charge is 2.37. The molecule has 1 aromatic carbocycles. The highest BCUT2D eigenvalue weighted by Crippen LogP contribution is 2.40. The molecule has 0 amide bonds. The molecule has 1 aromatic rings. The molecule has 1 fully saturated rings. The van der Waals surface area contributed by atoms with E-state index in [1.807, 2.05) is 0 Å². The summed E-state index contributed by atoms with van der Waals surface area (Å²) < 4.78 is 0. The molecule has 2 rings (SSSR count). The number of hydrogen-bond acceptors (Lipinski definition) is 1. The first kappa shape index (κ1) is 10.7. The van der Waals surface area contributed by atoms with Gasteiger partial charge in [-0.2, -0.15) is 0 Å². The van der Waals surface area contributed by atoms with Crippen molar-refractivity contribution < 1.29 is 0 Å². The van der Waals surface area contributed by atoms with Crippen molar-refractivity contribution in [2.75, 3.05) is 0 Å². The second kappa shape index (κ2) is 4.36. The molecule has 82 valence electrons. The fourth-order valence-corrected chi connectivity index (χ4v) is 2.28. The minimum atomic E-state index is 0.368. The van der Waals surface area contributed by atoms with Gasteiger partial charge < -0.3 is 5.73 Å². The maximum atomic E-state index is 6.17. The Morgan fingerprint density at radius 2 is 1.80 bits per heavy atom. The van der Waals surface area contributed by atoms with Crippen molar-refractivity contribution in [2.45, 2.75) is 39.2 Å². The third kappa shape index (κ3) is 2.60. The van der Waals surface area contributed by atoms with E-state index in [2.05, 4.69) is 38.1 Å². The van der Waals surface area contributed by atoms with Gasteiger partial charge in [0.05, 0.1) is 0 Å². The molecular formula is C14H21N. The highest BCUT2D eigenvalue weighted by molar-refractivity contribution is 5.23. The molecule has 0 radical (unpaired) electrons. The molecule has 1 heteroatoms. The van der Waals surface area contributed by atoms with Gasteiger partial charge in [-0.15, -0.1) is 0 Å². The maximum absolute atomic E-state index is 6.17. The standard InChI is InChI=1S/C14H21N/c1-3-11-4-6-12(7-5-11)9-14(15)13-8-10(13)2/h4-7,10,13-14H,3,8-9,15H2,1-2H3. The summed E-state index contributed by atoms with van der Waals surface area (Å²) in [5, 5.41) is 0. The van der Waals surface area contributed by atoms with E-state index >= 15 is 0 Å². The Balaban J connectivity index is 1.92. The van der Waals surface area contributed by atoms with Gasteiger partial charge in [-0.25, -0.2) is 0 Å². The average molecular weight is 203 g/mol. The van der Waals surface area contributed by atoms with Crippen molar-refractivity contribution in [2.24, 2.45) is 17.6 Å². The zero-order valence-corrected chi connectivity index (χ0v) is 9.74. The van der Waals surface area contributed by atoms with E-state index in [4.69, 9.17) is 5.73 Å². The van der Waals surface area contributed by atoms with E-state index < -0.39 is 0 Å². The molecule has 0 aliphatic heterocycles. The second-order valence-electron chi connectivity index (χ2n) is 4.91. The molecule has 1 nitrogen and oxygen atoms in total. The predicted molar refractivity (Wildman–Crippen MR) is 64.8 cm³/mol. The molecule has 1 aliphatic rings. The molecular weight excluding hydrogens is 182 g/mol. The lowest BCUT2D eigenvalue weighted by Gasteiger charge is -2.11. The Morgan fingerprint density at radius 3 is 2.27 bits per heavy atom. The van der Waals surface area contributed by atoms with Crippen LogP contribution in [0.25, 0.3) is 0 Å². The van der Waals surface area contributed by atoms with E-state index in [-0.39, 0.29) is 0 Å². The SMILES string of the molecule is CCc1ccc(CC(N)C2CC2C)cc1. The van der Waals surface area contributed by atoms with E-state index in [1.54, 1.807) is 0 Å². The molecule has 0 heterocycles. The topological polar surface area (TPSA) is 26.0 Å². The number of hydrogen-bond donors (Lipinski definition) is 1. The highest BCUT2D eigenvalue weighted by atomic mass is 14.7. The van der Waals surface area contributed by atoms with E-state index in [9.17, 15) is 0 Å². The zero-order valence-electron chi connectivity index (χ0n) is 9.74. The Kier molecular flexibility index (Phi) is 3.11. The van der Waals surface area contributed by atoms with Crippen LogP contribution in [0.2, 0.25) is 0 Å². The normalized spacial score (nSPS) is 26.3. The smallest absolute Gasteiger partial charge is 0.0110 e. The quantitative estimate of drug-likeness (QED) is 0.800. The Hall–Kier alpha value is -0.820. The number of aryl methyl sites for hydroxylation is 1. The van der Waals surface area contributed by atoms with Crippen LogP contribution in [0.1, 0.15) is 31.4 Å². The first-order chi connectivity index (χ1) is 7.20. The van der Waals surface area contributed by atoms with Gasteiger partial charge >= 0.3 is 0 Å². The minimum absolute atomic E-state index is 0.368. The second-order valence-corrected chi connectivity index (χ2v) is 4.91. The van der Waals surface area contributed by atoms with Gasteiger partial charge in [0, 0.05) is 6.04 Å². The van der Waals surface area contributed by atoms with Gasteiger partial charge in [0.15, 0.2) is 0 Å². The van der Waals surface area contributed by atoms with E-state index in [0.717, 1.165) is 24.7 Å². The number of nitrogens with two attached hydrogens (primary N) is 1. The van der Waals surface area contributed by atoms with Gasteiger partial charge in [0.2, 0.25) is 0 Å². The fourth-order valence-electron chi connectivity index (χ4n) is 2.28. The van der Waals surface area contributed by atoms with Crippen molar-refractivity contribution in [1.82, 2.24) is 0 Å². The summed E-state index contributed by atoms with van der Waals surface area (Å²) in [6, 6.07) is 9.27. The largest absolute Gasteiger partial charge is 0.327 e. The van der Waals surface area contributed by atoms with E-state index in [1.165, 1.54) is 17.5 Å². The van der Waals surface area contributed by atoms with Gasteiger partial charge in [-0.05, 0) is 42.2 Å². The van der Waals surface area contributed by atoms with Crippen molar-refractivity contribution in [3.8, 4) is 0 Å². The van der Waals surface area contributed by atoms with Crippen LogP contribution in [0.4, 0.5) is 0 Å². The molecule has 1 aliphatic carbocycles. The molecule has 0 bridgehead atoms. The van der Waals surface area contributed by atoms with Gasteiger partial charge in [0.1, 0.15) is 0 Å². The average Bonchev–Trinajstić information content (AvgIpc) is 2.97. The van der Waals surface area contributed by atoms with Crippen molar-refractivity contribution in [3.63, 3.8) is 0 Å². The lowest BCUT2D eigenvalue weighted by molar-refractivity contribution is 0.560. The van der Waals surface area contributed by atoms with Crippen LogP contribution in [0.3, 0.4) is 0 Å². The van der Waals surface area contributed by atoms with Crippen LogP contribution < -0.4 is 5.73 Å². The maximum Gasteiger partial charge on any atom is 0.0110 e. The van der Waals surface area contributed by atoms with Crippen molar-refractivity contribution in [1.29, 1.82) is 0 Å². The van der Waals surface area contributed by atoms with Crippen LogP contribution in [0.5, 0.6) is 0 Å². The van der Waals surface area contributed by atoms with Crippen LogP contribution >= 0.6 is 0 Å². The van der Waals surface area contributed by atoms with Crippen LogP contribution in [0, 0.1) is 11.8 Å². The number of rotatable bonds is 4. The first-order valence-electron chi connectivity index (χ1n) is 6.04. The molecule has 0 aromatic heterocycles. The third-order valence-corrected chi connectivity index (χ3v) is 3.62. The lowest BCUT2D eigenvalue weighted by Crippen LogP contribution is -2.25. The Bertz CT molecular complexity index is 315. The zero-order chi connectivity index (χ0) is 10.8. The monoisotopic (exact) mass is 203 g/mol. The lowest BCUT2D eigenvalue weighted by atomic mass is 10.0. The number of benzene rings is 1. The van der Waals surface area contributed by atoms with Crippen molar-refractivity contribution >= 4 is 0 Å². The summed E-state index contributed by atoms with van der Waals surface area (Å²) in [7, 11) is 0. The van der Waals surface area contributed by atoms with Gasteiger partial charge in [-0.3, -0.25) is 0 Å². The summed E-state index contributed by atoms with van der Waals surface area (Å²) in [5.41, 5.74) is 8.97. The summed E-state index contributed by atoms with van der Waals surface area (Å²) in [6.45, 7) is 4.48. The molecule has 15 heavy (non-hydrogen) atoms. The summed E-state index contributed by atoms with van der Waals surface area (Å²) in [5.74, 6) is 1.63. The van der Waals surface area contributed by atoms with E-state index in [0.29, 0.717) is 6.04 Å². The summed E-state index contributed by atoms with van der Waals surface area (Å²) >= 11 is 0. The van der Waals surface area contributed by atoms with Gasteiger partial charge in [0.25, 0.3) is 0 Å². The van der Waals surface area contributed by atoms with Crippen molar-refractivity contribution in [3.05, 3.63) is 35.4 Å². The van der Waals surface area contributed by atoms with Gasteiger partial charge in [-0.1, -0.05) is 38.1 Å². The predicted octanol–water partition coefficient (Wildman–Crippen LogP) is 2.77. The fraction of sp³-hybridized carbons (Fsp3) is 0.571. The van der Waals surface area contributed by atoms with Crippen LogP contribution in [-0.2, 0) is 12.8 Å². The minimum Gasteiger partial charge on any atom is -0.327 e. The van der Waals surface area contributed by atoms with Crippen LogP contribution in [-0.4, -0.2) is 6.04 Å². The molecule has 3 atom stereocenters. The first-order valence-corrected chi connectivity index (χ1v) is 6.04. The summed E-state index contributed by atoms with van der Waals surface area (Å²) in [6.07, 6.45) is 3.49. The Labute approximate surface area is 92.7 Å². The summed E-state index contributed by atoms with van der Waals surface area (Å²) in [4.78, 5) is 0.